The molecule has 0 aliphatic rings. The van der Waals surface area contributed by atoms with E-state index in [-0.39, 0.29) is 11.4 Å². The molecule has 1 N–H and O–H groups in total. The molecule has 0 unspecified atom stereocenters. The number of hydrogen-bond acceptors (Lipinski definition) is 6. The molecule has 0 amide bonds. The zero-order valence-corrected chi connectivity index (χ0v) is 13.7. The molecular formula is C18H12N6O2. The number of aryl methyl sites for hydroxylation is 1. The number of fused-ring (bicyclic) bond motifs is 3. The van der Waals surface area contributed by atoms with E-state index in [1.165, 1.54) is 0 Å². The zero-order chi connectivity index (χ0) is 17.7. The Labute approximate surface area is 146 Å². The SMILES string of the molecule is Cc1ccc(-c2nnc(-c3n[nH]n4c3nc(=O)c3ccccc34)o2)cc1. The van der Waals surface area contributed by atoms with Gasteiger partial charge < -0.3 is 4.42 Å². The predicted molar refractivity (Wildman–Crippen MR) is 94.6 cm³/mol. The second-order valence-electron chi connectivity index (χ2n) is 5.93. The van der Waals surface area contributed by atoms with Crippen LogP contribution >= 0.6 is 0 Å². The highest BCUT2D eigenvalue weighted by Gasteiger charge is 2.19. The Morgan fingerprint density at radius 3 is 2.62 bits per heavy atom. The summed E-state index contributed by atoms with van der Waals surface area (Å²) in [4.78, 5) is 16.4. The van der Waals surface area contributed by atoms with E-state index in [2.05, 4.69) is 25.5 Å². The molecule has 0 bridgehead atoms. The van der Waals surface area contributed by atoms with Crippen molar-refractivity contribution in [1.82, 2.24) is 30.0 Å². The van der Waals surface area contributed by atoms with Crippen LogP contribution in [-0.2, 0) is 0 Å². The maximum Gasteiger partial charge on any atom is 0.281 e. The van der Waals surface area contributed by atoms with Gasteiger partial charge in [0.15, 0.2) is 11.3 Å². The Morgan fingerprint density at radius 2 is 1.77 bits per heavy atom. The molecule has 5 rings (SSSR count). The Morgan fingerprint density at radius 1 is 1.00 bits per heavy atom. The fourth-order valence-electron chi connectivity index (χ4n) is 2.86. The molecule has 5 aromatic rings. The first kappa shape index (κ1) is 14.5. The van der Waals surface area contributed by atoms with Gasteiger partial charge >= 0.3 is 0 Å². The fraction of sp³-hybridized carbons (Fsp3) is 0.0556. The van der Waals surface area contributed by atoms with Gasteiger partial charge in [-0.05, 0) is 31.2 Å². The van der Waals surface area contributed by atoms with E-state index in [1.54, 1.807) is 16.6 Å². The number of benzene rings is 2. The van der Waals surface area contributed by atoms with Gasteiger partial charge in [-0.2, -0.15) is 4.98 Å². The van der Waals surface area contributed by atoms with Gasteiger partial charge in [-0.3, -0.25) is 4.79 Å². The molecule has 0 aliphatic carbocycles. The summed E-state index contributed by atoms with van der Waals surface area (Å²) < 4.78 is 7.38. The fourth-order valence-corrected chi connectivity index (χ4v) is 2.86. The van der Waals surface area contributed by atoms with Crippen molar-refractivity contribution in [1.29, 1.82) is 0 Å². The molecule has 0 fully saturated rings. The minimum absolute atomic E-state index is 0.196. The number of H-pyrrole nitrogens is 1. The van der Waals surface area contributed by atoms with Crippen molar-refractivity contribution in [3.8, 4) is 23.0 Å². The molecule has 2 aromatic carbocycles. The normalized spacial score (nSPS) is 11.4. The van der Waals surface area contributed by atoms with E-state index in [0.29, 0.717) is 28.1 Å². The van der Waals surface area contributed by atoms with E-state index in [9.17, 15) is 4.79 Å². The average molecular weight is 344 g/mol. The van der Waals surface area contributed by atoms with Crippen molar-refractivity contribution in [2.45, 2.75) is 6.92 Å². The molecule has 0 spiro atoms. The van der Waals surface area contributed by atoms with Crippen molar-refractivity contribution in [2.75, 3.05) is 0 Å². The van der Waals surface area contributed by atoms with Crippen LogP contribution in [0.15, 0.2) is 57.7 Å². The topological polar surface area (TPSA) is 102 Å². The van der Waals surface area contributed by atoms with Crippen LogP contribution in [0.5, 0.6) is 0 Å². The smallest absolute Gasteiger partial charge is 0.281 e. The molecule has 26 heavy (non-hydrogen) atoms. The van der Waals surface area contributed by atoms with Gasteiger partial charge in [0.05, 0.1) is 10.9 Å². The van der Waals surface area contributed by atoms with Gasteiger partial charge in [0.1, 0.15) is 0 Å². The van der Waals surface area contributed by atoms with Crippen molar-refractivity contribution in [3.05, 3.63) is 64.4 Å². The summed E-state index contributed by atoms with van der Waals surface area (Å²) in [5.74, 6) is 0.575. The molecule has 8 heteroatoms. The lowest BCUT2D eigenvalue weighted by molar-refractivity contribution is 0.582. The molecule has 0 aliphatic heterocycles. The van der Waals surface area contributed by atoms with Crippen LogP contribution in [-0.4, -0.2) is 30.0 Å². The van der Waals surface area contributed by atoms with Gasteiger partial charge in [-0.15, -0.1) is 15.3 Å². The first-order valence-corrected chi connectivity index (χ1v) is 7.97. The zero-order valence-electron chi connectivity index (χ0n) is 13.7. The summed E-state index contributed by atoms with van der Waals surface area (Å²) in [5.41, 5.74) is 2.97. The quantitative estimate of drug-likeness (QED) is 0.528. The van der Waals surface area contributed by atoms with Crippen LogP contribution in [0.2, 0.25) is 0 Å². The van der Waals surface area contributed by atoms with E-state index >= 15 is 0 Å². The Hall–Kier alpha value is -3.81. The third-order valence-electron chi connectivity index (χ3n) is 4.19. The number of nitrogens with zero attached hydrogens (tertiary/aromatic N) is 5. The first-order valence-electron chi connectivity index (χ1n) is 7.97. The number of para-hydroxylation sites is 1. The molecule has 3 aromatic heterocycles. The van der Waals surface area contributed by atoms with Crippen molar-refractivity contribution < 1.29 is 4.42 Å². The van der Waals surface area contributed by atoms with E-state index < -0.39 is 0 Å². The lowest BCUT2D eigenvalue weighted by Gasteiger charge is -1.99. The molecule has 3 heterocycles. The summed E-state index contributed by atoms with van der Waals surface area (Å²) in [6, 6.07) is 14.9. The minimum atomic E-state index is -0.332. The Kier molecular flexibility index (Phi) is 2.99. The summed E-state index contributed by atoms with van der Waals surface area (Å²) in [6.07, 6.45) is 0. The van der Waals surface area contributed by atoms with Gasteiger partial charge in [-0.1, -0.05) is 29.8 Å². The summed E-state index contributed by atoms with van der Waals surface area (Å²) in [5, 5.41) is 15.7. The first-order chi connectivity index (χ1) is 12.7. The molecule has 0 atom stereocenters. The minimum Gasteiger partial charge on any atom is -0.414 e. The number of aromatic nitrogens is 6. The number of aromatic amines is 1. The highest BCUT2D eigenvalue weighted by atomic mass is 16.4. The molecule has 8 nitrogen and oxygen atoms in total. The lowest BCUT2D eigenvalue weighted by atomic mass is 10.1. The van der Waals surface area contributed by atoms with Gasteiger partial charge in [0, 0.05) is 5.56 Å². The second-order valence-corrected chi connectivity index (χ2v) is 5.93. The monoisotopic (exact) mass is 344 g/mol. The summed E-state index contributed by atoms with van der Waals surface area (Å²) in [7, 11) is 0. The van der Waals surface area contributed by atoms with Crippen LogP contribution in [0.3, 0.4) is 0 Å². The van der Waals surface area contributed by atoms with Crippen molar-refractivity contribution >= 4 is 16.6 Å². The second kappa shape index (κ2) is 5.35. The largest absolute Gasteiger partial charge is 0.414 e. The van der Waals surface area contributed by atoms with Gasteiger partial charge in [0.2, 0.25) is 5.89 Å². The number of rotatable bonds is 2. The standard InChI is InChI=1S/C18H12N6O2/c1-10-6-8-11(9-7-10)17-21-22-18(26-17)14-15-19-16(25)12-4-2-3-5-13(12)24(15)23-20-14/h2-9,23H,1H3. The maximum absolute atomic E-state index is 12.3. The maximum atomic E-state index is 12.3. The highest BCUT2D eigenvalue weighted by Crippen LogP contribution is 2.25. The van der Waals surface area contributed by atoms with Gasteiger partial charge in [-0.25, -0.2) is 9.73 Å². The highest BCUT2D eigenvalue weighted by molar-refractivity contribution is 5.82. The molecule has 0 saturated carbocycles. The predicted octanol–water partition coefficient (Wildman–Crippen LogP) is 2.60. The number of hydrogen-bond donors (Lipinski definition) is 1. The molecule has 0 radical (unpaired) electrons. The van der Waals surface area contributed by atoms with Crippen LogP contribution in [0.25, 0.3) is 39.6 Å². The molecular weight excluding hydrogens is 332 g/mol. The average Bonchev–Trinajstić information content (AvgIpc) is 3.29. The third-order valence-corrected chi connectivity index (χ3v) is 4.19. The van der Waals surface area contributed by atoms with Crippen molar-refractivity contribution in [2.24, 2.45) is 0 Å². The third kappa shape index (κ3) is 2.12. The molecule has 0 saturated heterocycles. The van der Waals surface area contributed by atoms with Crippen LogP contribution < -0.4 is 5.56 Å². The van der Waals surface area contributed by atoms with E-state index in [4.69, 9.17) is 4.42 Å². The van der Waals surface area contributed by atoms with Crippen molar-refractivity contribution in [3.63, 3.8) is 0 Å². The summed E-state index contributed by atoms with van der Waals surface area (Å²) in [6.45, 7) is 2.01. The number of nitrogens with one attached hydrogen (secondary N) is 1. The lowest BCUT2D eigenvalue weighted by Crippen LogP contribution is -2.10. The summed E-state index contributed by atoms with van der Waals surface area (Å²) >= 11 is 0. The Bertz CT molecular complexity index is 1310. The van der Waals surface area contributed by atoms with E-state index in [1.807, 2.05) is 43.3 Å². The Balaban J connectivity index is 1.68. The van der Waals surface area contributed by atoms with Crippen LogP contribution in [0.4, 0.5) is 0 Å². The van der Waals surface area contributed by atoms with E-state index in [0.717, 1.165) is 11.1 Å². The van der Waals surface area contributed by atoms with Crippen LogP contribution in [0.1, 0.15) is 5.56 Å². The molecule has 126 valence electrons. The van der Waals surface area contributed by atoms with Gasteiger partial charge in [0.25, 0.3) is 11.4 Å². The van der Waals surface area contributed by atoms with Crippen LogP contribution in [0, 0.1) is 6.92 Å².